The Labute approximate surface area is 127 Å². The van der Waals surface area contributed by atoms with Crippen LogP contribution in [0.2, 0.25) is 0 Å². The minimum Gasteiger partial charge on any atom is -0.384 e. The van der Waals surface area contributed by atoms with Crippen LogP contribution in [0.5, 0.6) is 0 Å². The number of rotatable bonds is 5. The Morgan fingerprint density at radius 3 is 3.14 bits per heavy atom. The second-order valence-corrected chi connectivity index (χ2v) is 5.42. The zero-order chi connectivity index (χ0) is 15.1. The van der Waals surface area contributed by atoms with Gasteiger partial charge in [-0.1, -0.05) is 17.1 Å². The van der Waals surface area contributed by atoms with Crippen molar-refractivity contribution in [3.63, 3.8) is 0 Å². The predicted octanol–water partition coefficient (Wildman–Crippen LogP) is 0.732. The van der Waals surface area contributed by atoms with Crippen LogP contribution in [0.4, 0.5) is 0 Å². The molecule has 0 aromatic carbocycles. The standard InChI is InChI=1S/C14H16N4O2S/c1-17(14(20)4-6-18-7-5-15-16-18)10-13-9-12(11-21-13)3-2-8-19/h5,7,9,11,19H,4,6,8,10H2,1H3. The van der Waals surface area contributed by atoms with Gasteiger partial charge < -0.3 is 10.0 Å². The summed E-state index contributed by atoms with van der Waals surface area (Å²) in [5, 5.41) is 18.1. The van der Waals surface area contributed by atoms with Gasteiger partial charge in [-0.25, -0.2) is 0 Å². The van der Waals surface area contributed by atoms with Crippen molar-refractivity contribution in [2.45, 2.75) is 19.5 Å². The number of amides is 1. The molecule has 0 fully saturated rings. The fourth-order valence-electron chi connectivity index (χ4n) is 1.75. The number of aliphatic hydroxyl groups is 1. The molecule has 0 spiro atoms. The molecule has 0 saturated heterocycles. The smallest absolute Gasteiger partial charge is 0.224 e. The molecule has 0 saturated carbocycles. The van der Waals surface area contributed by atoms with Crippen molar-refractivity contribution in [1.82, 2.24) is 19.9 Å². The van der Waals surface area contributed by atoms with Gasteiger partial charge in [0.05, 0.1) is 19.3 Å². The molecule has 0 atom stereocenters. The predicted molar refractivity (Wildman–Crippen MR) is 79.4 cm³/mol. The number of carbonyl (C=O) groups is 1. The van der Waals surface area contributed by atoms with E-state index in [1.54, 1.807) is 40.4 Å². The fraction of sp³-hybridized carbons (Fsp3) is 0.357. The Kier molecular flexibility index (Phi) is 5.49. The zero-order valence-corrected chi connectivity index (χ0v) is 12.5. The molecule has 0 aliphatic heterocycles. The maximum absolute atomic E-state index is 12.0. The normalized spacial score (nSPS) is 10.0. The first-order valence-electron chi connectivity index (χ1n) is 6.44. The Hall–Kier alpha value is -2.17. The summed E-state index contributed by atoms with van der Waals surface area (Å²) < 4.78 is 1.64. The Balaban J connectivity index is 1.84. The summed E-state index contributed by atoms with van der Waals surface area (Å²) in [6.07, 6.45) is 3.72. The maximum atomic E-state index is 12.0. The lowest BCUT2D eigenvalue weighted by molar-refractivity contribution is -0.130. The molecule has 1 N–H and O–H groups in total. The first kappa shape index (κ1) is 15.2. The van der Waals surface area contributed by atoms with E-state index in [4.69, 9.17) is 5.11 Å². The molecular formula is C14H16N4O2S. The molecular weight excluding hydrogens is 288 g/mol. The third-order valence-electron chi connectivity index (χ3n) is 2.81. The highest BCUT2D eigenvalue weighted by Crippen LogP contribution is 2.16. The third-order valence-corrected chi connectivity index (χ3v) is 3.73. The van der Waals surface area contributed by atoms with Crippen molar-refractivity contribution < 1.29 is 9.90 Å². The van der Waals surface area contributed by atoms with Gasteiger partial charge in [-0.3, -0.25) is 9.48 Å². The van der Waals surface area contributed by atoms with Gasteiger partial charge in [0.2, 0.25) is 5.91 Å². The number of hydrogen-bond donors (Lipinski definition) is 1. The molecule has 2 rings (SSSR count). The van der Waals surface area contributed by atoms with E-state index in [1.165, 1.54) is 0 Å². The van der Waals surface area contributed by atoms with Crippen LogP contribution in [0.3, 0.4) is 0 Å². The van der Waals surface area contributed by atoms with Crippen LogP contribution >= 0.6 is 11.3 Å². The van der Waals surface area contributed by atoms with Gasteiger partial charge in [-0.15, -0.1) is 16.4 Å². The van der Waals surface area contributed by atoms with Crippen molar-refractivity contribution >= 4 is 17.2 Å². The average Bonchev–Trinajstić information content (AvgIpc) is 3.14. The zero-order valence-electron chi connectivity index (χ0n) is 11.7. The summed E-state index contributed by atoms with van der Waals surface area (Å²) in [6.45, 7) is 0.939. The third kappa shape index (κ3) is 4.70. The molecule has 7 heteroatoms. The number of aryl methyl sites for hydroxylation is 1. The van der Waals surface area contributed by atoms with Gasteiger partial charge in [0.1, 0.15) is 6.61 Å². The van der Waals surface area contributed by atoms with Gasteiger partial charge in [0.25, 0.3) is 0 Å². The van der Waals surface area contributed by atoms with Crippen LogP contribution in [0.15, 0.2) is 23.8 Å². The topological polar surface area (TPSA) is 71.2 Å². The molecule has 0 aliphatic carbocycles. The van der Waals surface area contributed by atoms with Gasteiger partial charge >= 0.3 is 0 Å². The van der Waals surface area contributed by atoms with E-state index in [0.29, 0.717) is 19.5 Å². The van der Waals surface area contributed by atoms with Gasteiger partial charge in [-0.05, 0) is 6.07 Å². The molecule has 2 aromatic rings. The van der Waals surface area contributed by atoms with Crippen LogP contribution in [0.25, 0.3) is 0 Å². The van der Waals surface area contributed by atoms with Crippen LogP contribution in [0, 0.1) is 11.8 Å². The van der Waals surface area contributed by atoms with E-state index in [-0.39, 0.29) is 12.5 Å². The summed E-state index contributed by atoms with van der Waals surface area (Å²) in [4.78, 5) is 14.8. The molecule has 21 heavy (non-hydrogen) atoms. The highest BCUT2D eigenvalue weighted by molar-refractivity contribution is 7.10. The summed E-state index contributed by atoms with van der Waals surface area (Å²) >= 11 is 1.56. The summed E-state index contributed by atoms with van der Waals surface area (Å²) in [7, 11) is 1.78. The van der Waals surface area contributed by atoms with Crippen LogP contribution in [-0.2, 0) is 17.9 Å². The Bertz CT molecular complexity index is 639. The molecule has 0 unspecified atom stereocenters. The fourth-order valence-corrected chi connectivity index (χ4v) is 2.61. The van der Waals surface area contributed by atoms with Gasteiger partial charge in [0, 0.05) is 35.5 Å². The number of carbonyl (C=O) groups excluding carboxylic acids is 1. The quantitative estimate of drug-likeness (QED) is 0.827. The van der Waals surface area contributed by atoms with E-state index >= 15 is 0 Å². The number of aromatic nitrogens is 3. The second-order valence-electron chi connectivity index (χ2n) is 4.43. The van der Waals surface area contributed by atoms with Crippen molar-refractivity contribution in [3.05, 3.63) is 34.3 Å². The molecule has 1 amide bonds. The molecule has 110 valence electrons. The minimum atomic E-state index is -0.147. The number of aliphatic hydroxyl groups excluding tert-OH is 1. The van der Waals surface area contributed by atoms with Crippen molar-refractivity contribution in [2.24, 2.45) is 0 Å². The number of hydrogen-bond acceptors (Lipinski definition) is 5. The van der Waals surface area contributed by atoms with Gasteiger partial charge in [0.15, 0.2) is 0 Å². The van der Waals surface area contributed by atoms with Crippen molar-refractivity contribution in [3.8, 4) is 11.8 Å². The minimum absolute atomic E-state index is 0.0573. The lowest BCUT2D eigenvalue weighted by Crippen LogP contribution is -2.26. The average molecular weight is 304 g/mol. The maximum Gasteiger partial charge on any atom is 0.224 e. The first-order valence-corrected chi connectivity index (χ1v) is 7.32. The molecule has 6 nitrogen and oxygen atoms in total. The highest BCUT2D eigenvalue weighted by atomic mass is 32.1. The lowest BCUT2D eigenvalue weighted by Gasteiger charge is -2.15. The highest BCUT2D eigenvalue weighted by Gasteiger charge is 2.10. The van der Waals surface area contributed by atoms with Crippen LogP contribution in [-0.4, -0.2) is 44.6 Å². The Morgan fingerprint density at radius 1 is 1.57 bits per heavy atom. The Morgan fingerprint density at radius 2 is 2.43 bits per heavy atom. The van der Waals surface area contributed by atoms with Crippen molar-refractivity contribution in [1.29, 1.82) is 0 Å². The van der Waals surface area contributed by atoms with E-state index in [1.807, 2.05) is 11.4 Å². The van der Waals surface area contributed by atoms with Crippen LogP contribution in [0.1, 0.15) is 16.9 Å². The second kappa shape index (κ2) is 7.57. The van der Waals surface area contributed by atoms with E-state index in [0.717, 1.165) is 10.4 Å². The molecule has 2 aromatic heterocycles. The first-order chi connectivity index (χ1) is 10.2. The molecule has 0 radical (unpaired) electrons. The summed E-state index contributed by atoms with van der Waals surface area (Å²) in [5.41, 5.74) is 0.868. The van der Waals surface area contributed by atoms with Crippen molar-refractivity contribution in [2.75, 3.05) is 13.7 Å². The van der Waals surface area contributed by atoms with Crippen LogP contribution < -0.4 is 0 Å². The number of nitrogens with zero attached hydrogens (tertiary/aromatic N) is 4. The molecule has 0 bridgehead atoms. The summed E-state index contributed by atoms with van der Waals surface area (Å²) in [5.74, 6) is 5.51. The SMILES string of the molecule is CN(Cc1cc(C#CCO)cs1)C(=O)CCn1ccnn1. The molecule has 2 heterocycles. The molecule has 0 aliphatic rings. The van der Waals surface area contributed by atoms with E-state index < -0.39 is 0 Å². The number of thiophene rings is 1. The monoisotopic (exact) mass is 304 g/mol. The van der Waals surface area contributed by atoms with E-state index in [9.17, 15) is 4.79 Å². The van der Waals surface area contributed by atoms with Gasteiger partial charge in [-0.2, -0.15) is 0 Å². The summed E-state index contributed by atoms with van der Waals surface area (Å²) in [6, 6.07) is 1.94. The lowest BCUT2D eigenvalue weighted by atomic mass is 10.3. The van der Waals surface area contributed by atoms with E-state index in [2.05, 4.69) is 22.2 Å². The largest absolute Gasteiger partial charge is 0.384 e.